The number of hydrogen-bond donors (Lipinski definition) is 0. The summed E-state index contributed by atoms with van der Waals surface area (Å²) < 4.78 is 2.34. The molecule has 144 valence electrons. The Kier molecular flexibility index (Phi) is 3.27. The van der Waals surface area contributed by atoms with Gasteiger partial charge in [-0.05, 0) is 11.1 Å². The molecule has 7 rings (SSSR count). The van der Waals surface area contributed by atoms with Crippen molar-refractivity contribution >= 4 is 38.1 Å². The molecule has 0 radical (unpaired) electrons. The molecule has 3 aromatic carbocycles. The highest BCUT2D eigenvalue weighted by molar-refractivity contribution is 6.27. The molecule has 4 heterocycles. The minimum atomic E-state index is 1.12. The van der Waals surface area contributed by atoms with Crippen molar-refractivity contribution in [2.24, 2.45) is 0 Å². The lowest BCUT2D eigenvalue weighted by Gasteiger charge is -2.07. The Bertz CT molecular complexity index is 1590. The van der Waals surface area contributed by atoms with Gasteiger partial charge in [0.05, 0.1) is 28.9 Å². The van der Waals surface area contributed by atoms with Crippen molar-refractivity contribution in [3.8, 4) is 22.3 Å². The Morgan fingerprint density at radius 3 is 1.45 bits per heavy atom. The molecular formula is C28H17N3. The highest BCUT2D eigenvalue weighted by atomic mass is 14.9. The molecule has 3 heteroatoms. The van der Waals surface area contributed by atoms with E-state index in [2.05, 4.69) is 93.2 Å². The zero-order valence-corrected chi connectivity index (χ0v) is 16.7. The first-order valence-electron chi connectivity index (χ1n) is 10.4. The van der Waals surface area contributed by atoms with Crippen LogP contribution in [0, 0.1) is 0 Å². The third kappa shape index (κ3) is 2.18. The van der Waals surface area contributed by atoms with Gasteiger partial charge in [-0.15, -0.1) is 0 Å². The Hall–Kier alpha value is -4.24. The van der Waals surface area contributed by atoms with Crippen LogP contribution in [-0.4, -0.2) is 14.4 Å². The second-order valence-corrected chi connectivity index (χ2v) is 7.93. The molecule has 0 bridgehead atoms. The summed E-state index contributed by atoms with van der Waals surface area (Å²) in [6.45, 7) is 0. The average molecular weight is 395 g/mol. The summed E-state index contributed by atoms with van der Waals surface area (Å²) >= 11 is 0. The molecule has 0 fully saturated rings. The van der Waals surface area contributed by atoms with E-state index in [-0.39, 0.29) is 0 Å². The third-order valence-corrected chi connectivity index (χ3v) is 6.30. The van der Waals surface area contributed by atoms with Gasteiger partial charge >= 0.3 is 0 Å². The summed E-state index contributed by atoms with van der Waals surface area (Å²) in [4.78, 5) is 9.26. The lowest BCUT2D eigenvalue weighted by Crippen LogP contribution is -1.87. The van der Waals surface area contributed by atoms with Gasteiger partial charge in [-0.2, -0.15) is 0 Å². The van der Waals surface area contributed by atoms with Gasteiger partial charge in [0.25, 0.3) is 0 Å². The van der Waals surface area contributed by atoms with E-state index in [4.69, 9.17) is 0 Å². The van der Waals surface area contributed by atoms with Crippen LogP contribution in [0.4, 0.5) is 0 Å². The first-order chi connectivity index (χ1) is 15.4. The van der Waals surface area contributed by atoms with Crippen LogP contribution in [0.2, 0.25) is 0 Å². The van der Waals surface area contributed by atoms with E-state index < -0.39 is 0 Å². The van der Waals surface area contributed by atoms with E-state index in [0.29, 0.717) is 0 Å². The van der Waals surface area contributed by atoms with Crippen LogP contribution in [0.15, 0.2) is 104 Å². The van der Waals surface area contributed by atoms with Crippen LogP contribution in [0.25, 0.3) is 60.3 Å². The van der Waals surface area contributed by atoms with E-state index in [9.17, 15) is 0 Å². The molecule has 0 saturated heterocycles. The first-order valence-corrected chi connectivity index (χ1v) is 10.4. The van der Waals surface area contributed by atoms with Crippen molar-refractivity contribution in [3.05, 3.63) is 104 Å². The maximum Gasteiger partial charge on any atom is 0.0731 e. The Labute approximate surface area is 178 Å². The number of nitrogens with zero attached hydrogens (tertiary/aromatic N) is 3. The molecule has 0 atom stereocenters. The van der Waals surface area contributed by atoms with Gasteiger partial charge in [0.1, 0.15) is 0 Å². The normalized spacial score (nSPS) is 11.9. The monoisotopic (exact) mass is 395 g/mol. The standard InChI is InChI=1S/C28H17N3/c1-3-8-18(9-4-1)22-14-29-16-24-26(22)20-12-7-13-21-27-23(19-10-5-2-6-11-19)15-30-17-25(27)31(24)28(20)21/h1-17H. The minimum Gasteiger partial charge on any atom is -0.305 e. The van der Waals surface area contributed by atoms with Gasteiger partial charge in [0, 0.05) is 45.1 Å². The number of aromatic nitrogens is 3. The number of hydrogen-bond acceptors (Lipinski definition) is 2. The lowest BCUT2D eigenvalue weighted by molar-refractivity contribution is 1.27. The topological polar surface area (TPSA) is 30.2 Å². The zero-order valence-electron chi connectivity index (χ0n) is 16.7. The smallest absolute Gasteiger partial charge is 0.0731 e. The lowest BCUT2D eigenvalue weighted by atomic mass is 9.99. The molecule has 3 nitrogen and oxygen atoms in total. The Balaban J connectivity index is 1.70. The van der Waals surface area contributed by atoms with Gasteiger partial charge in [-0.25, -0.2) is 0 Å². The summed E-state index contributed by atoms with van der Waals surface area (Å²) in [7, 11) is 0. The molecule has 31 heavy (non-hydrogen) atoms. The largest absolute Gasteiger partial charge is 0.305 e. The highest BCUT2D eigenvalue weighted by Crippen LogP contribution is 2.44. The van der Waals surface area contributed by atoms with Crippen molar-refractivity contribution in [2.75, 3.05) is 0 Å². The van der Waals surface area contributed by atoms with Crippen molar-refractivity contribution in [2.45, 2.75) is 0 Å². The van der Waals surface area contributed by atoms with Crippen LogP contribution in [0.5, 0.6) is 0 Å². The third-order valence-electron chi connectivity index (χ3n) is 6.30. The van der Waals surface area contributed by atoms with Crippen molar-refractivity contribution in [1.82, 2.24) is 14.4 Å². The highest BCUT2D eigenvalue weighted by Gasteiger charge is 2.21. The van der Waals surface area contributed by atoms with E-state index in [0.717, 1.165) is 22.2 Å². The molecule has 4 aromatic heterocycles. The summed E-state index contributed by atoms with van der Waals surface area (Å²) in [5, 5.41) is 5.00. The summed E-state index contributed by atoms with van der Waals surface area (Å²) in [6.07, 6.45) is 7.93. The fourth-order valence-corrected chi connectivity index (χ4v) is 5.04. The summed E-state index contributed by atoms with van der Waals surface area (Å²) in [5.74, 6) is 0. The van der Waals surface area contributed by atoms with Crippen LogP contribution in [-0.2, 0) is 0 Å². The van der Waals surface area contributed by atoms with Crippen molar-refractivity contribution in [1.29, 1.82) is 0 Å². The van der Waals surface area contributed by atoms with Gasteiger partial charge in [0.2, 0.25) is 0 Å². The fraction of sp³-hybridized carbons (Fsp3) is 0. The summed E-state index contributed by atoms with van der Waals surface area (Å²) in [5.41, 5.74) is 8.17. The number of benzene rings is 3. The number of pyridine rings is 2. The maximum absolute atomic E-state index is 4.63. The summed E-state index contributed by atoms with van der Waals surface area (Å²) in [6, 6.07) is 27.6. The molecule has 7 aromatic rings. The van der Waals surface area contributed by atoms with Crippen LogP contribution >= 0.6 is 0 Å². The average Bonchev–Trinajstić information content (AvgIpc) is 3.37. The first kappa shape index (κ1) is 16.5. The fourth-order valence-electron chi connectivity index (χ4n) is 5.04. The Morgan fingerprint density at radius 1 is 0.484 bits per heavy atom. The zero-order chi connectivity index (χ0) is 20.4. The van der Waals surface area contributed by atoms with E-state index >= 15 is 0 Å². The molecule has 0 N–H and O–H groups in total. The molecule has 0 amide bonds. The van der Waals surface area contributed by atoms with Crippen LogP contribution < -0.4 is 0 Å². The molecular weight excluding hydrogens is 378 g/mol. The van der Waals surface area contributed by atoms with Crippen LogP contribution in [0.3, 0.4) is 0 Å². The van der Waals surface area contributed by atoms with E-state index in [1.54, 1.807) is 0 Å². The van der Waals surface area contributed by atoms with Gasteiger partial charge in [-0.1, -0.05) is 78.9 Å². The maximum atomic E-state index is 4.63. The van der Waals surface area contributed by atoms with Crippen molar-refractivity contribution in [3.63, 3.8) is 0 Å². The van der Waals surface area contributed by atoms with Crippen LogP contribution in [0.1, 0.15) is 0 Å². The minimum absolute atomic E-state index is 1.12. The second kappa shape index (κ2) is 6.13. The van der Waals surface area contributed by atoms with Gasteiger partial charge in [-0.3, -0.25) is 9.97 Å². The molecule has 0 aliphatic carbocycles. The SMILES string of the molecule is c1ccc(-c2cncc3c2c2cccc4c5c(-c6ccccc6)cncc5n3c24)cc1. The molecule has 0 spiro atoms. The van der Waals surface area contributed by atoms with Gasteiger partial charge in [0.15, 0.2) is 0 Å². The predicted octanol–water partition coefficient (Wildman–Crippen LogP) is 6.96. The van der Waals surface area contributed by atoms with E-state index in [1.807, 2.05) is 24.8 Å². The Morgan fingerprint density at radius 2 is 0.968 bits per heavy atom. The molecule has 0 aliphatic heterocycles. The number of para-hydroxylation sites is 1. The van der Waals surface area contributed by atoms with E-state index in [1.165, 1.54) is 38.2 Å². The molecule has 0 saturated carbocycles. The second-order valence-electron chi connectivity index (χ2n) is 7.93. The molecule has 0 aliphatic rings. The predicted molar refractivity (Wildman–Crippen MR) is 128 cm³/mol. The molecule has 0 unspecified atom stereocenters. The number of fused-ring (bicyclic) bond motifs is 6. The number of rotatable bonds is 2. The quantitative estimate of drug-likeness (QED) is 0.317. The van der Waals surface area contributed by atoms with Crippen molar-refractivity contribution < 1.29 is 0 Å². The van der Waals surface area contributed by atoms with Gasteiger partial charge < -0.3 is 4.40 Å².